The van der Waals surface area contributed by atoms with Gasteiger partial charge < -0.3 is 5.32 Å². The minimum atomic E-state index is -1.49. The molecule has 3 aliphatic rings. The molecular formula is C26H21N3O4. The predicted molar refractivity (Wildman–Crippen MR) is 122 cm³/mol. The lowest BCUT2D eigenvalue weighted by Crippen LogP contribution is -2.53. The molecule has 2 saturated heterocycles. The number of amides is 3. The monoisotopic (exact) mass is 439 g/mol. The summed E-state index contributed by atoms with van der Waals surface area (Å²) in [7, 11) is 0. The number of nitrogens with zero attached hydrogens (tertiary/aromatic N) is 2. The first-order chi connectivity index (χ1) is 16.1. The Labute approximate surface area is 190 Å². The Morgan fingerprint density at radius 2 is 1.55 bits per heavy atom. The number of hydrogen-bond donors (Lipinski definition) is 1. The number of imide groups is 1. The third kappa shape index (κ3) is 2.51. The van der Waals surface area contributed by atoms with Crippen LogP contribution in [0.3, 0.4) is 0 Å². The Morgan fingerprint density at radius 3 is 2.27 bits per heavy atom. The van der Waals surface area contributed by atoms with Gasteiger partial charge in [0.1, 0.15) is 5.92 Å². The highest BCUT2D eigenvalue weighted by Crippen LogP contribution is 2.56. The van der Waals surface area contributed by atoms with E-state index in [0.717, 1.165) is 16.9 Å². The summed E-state index contributed by atoms with van der Waals surface area (Å²) in [6, 6.07) is 23.7. The first-order valence-corrected chi connectivity index (χ1v) is 11.0. The summed E-state index contributed by atoms with van der Waals surface area (Å²) in [6.45, 7) is 2.04. The van der Waals surface area contributed by atoms with E-state index in [9.17, 15) is 14.4 Å². The number of rotatable bonds is 3. The summed E-state index contributed by atoms with van der Waals surface area (Å²) >= 11 is 0. The molecule has 3 heterocycles. The first kappa shape index (κ1) is 19.7. The van der Waals surface area contributed by atoms with Crippen molar-refractivity contribution in [3.63, 3.8) is 0 Å². The number of aryl methyl sites for hydroxylation is 1. The number of para-hydroxylation sites is 2. The van der Waals surface area contributed by atoms with E-state index in [-0.39, 0.29) is 5.91 Å². The molecule has 3 aliphatic heterocycles. The first-order valence-electron chi connectivity index (χ1n) is 11.0. The molecule has 2 fully saturated rings. The molecule has 0 bridgehead atoms. The summed E-state index contributed by atoms with van der Waals surface area (Å²) in [5, 5.41) is 4.36. The quantitative estimate of drug-likeness (QED) is 0.633. The van der Waals surface area contributed by atoms with E-state index < -0.39 is 29.4 Å². The van der Waals surface area contributed by atoms with Crippen molar-refractivity contribution >= 4 is 34.8 Å². The lowest BCUT2D eigenvalue weighted by molar-refractivity contribution is -0.130. The number of carbonyl (C=O) groups is 3. The zero-order valence-corrected chi connectivity index (χ0v) is 17.9. The number of nitrogens with one attached hydrogen (secondary N) is 1. The average Bonchev–Trinajstić information content (AvgIpc) is 3.44. The molecule has 6 rings (SSSR count). The van der Waals surface area contributed by atoms with Crippen molar-refractivity contribution in [3.05, 3.63) is 90.0 Å². The average molecular weight is 439 g/mol. The lowest BCUT2D eigenvalue weighted by atomic mass is 9.77. The van der Waals surface area contributed by atoms with Gasteiger partial charge in [-0.25, -0.2) is 9.96 Å². The number of hydroxylamine groups is 1. The number of benzene rings is 3. The maximum Gasteiger partial charge on any atom is 0.266 e. The minimum Gasteiger partial charge on any atom is -0.323 e. The summed E-state index contributed by atoms with van der Waals surface area (Å²) in [5.74, 6) is -2.33. The van der Waals surface area contributed by atoms with E-state index in [1.165, 1.54) is 5.06 Å². The second-order valence-corrected chi connectivity index (χ2v) is 8.43. The van der Waals surface area contributed by atoms with Crippen molar-refractivity contribution in [2.24, 2.45) is 5.92 Å². The molecule has 7 nitrogen and oxygen atoms in total. The van der Waals surface area contributed by atoms with Crippen molar-refractivity contribution < 1.29 is 19.2 Å². The molecule has 0 aliphatic carbocycles. The summed E-state index contributed by atoms with van der Waals surface area (Å²) in [4.78, 5) is 48.4. The summed E-state index contributed by atoms with van der Waals surface area (Å²) < 4.78 is 0. The zero-order chi connectivity index (χ0) is 22.7. The molecule has 33 heavy (non-hydrogen) atoms. The van der Waals surface area contributed by atoms with Crippen molar-refractivity contribution in [2.75, 3.05) is 15.3 Å². The molecule has 3 aromatic rings. The number of carbonyl (C=O) groups excluding carboxylic acids is 3. The number of anilines is 3. The van der Waals surface area contributed by atoms with Crippen LogP contribution in [0.25, 0.3) is 0 Å². The van der Waals surface area contributed by atoms with E-state index in [1.54, 1.807) is 30.3 Å². The van der Waals surface area contributed by atoms with Crippen molar-refractivity contribution in [1.82, 2.24) is 0 Å². The van der Waals surface area contributed by atoms with Gasteiger partial charge >= 0.3 is 0 Å². The largest absolute Gasteiger partial charge is 0.323 e. The molecule has 164 valence electrons. The van der Waals surface area contributed by atoms with E-state index in [2.05, 4.69) is 5.32 Å². The van der Waals surface area contributed by atoms with Crippen LogP contribution in [0.4, 0.5) is 17.1 Å². The van der Waals surface area contributed by atoms with Gasteiger partial charge in [0.05, 0.1) is 11.4 Å². The van der Waals surface area contributed by atoms with E-state index in [4.69, 9.17) is 4.84 Å². The molecule has 3 atom stereocenters. The SMILES string of the molecule is CCc1ccc(N2C(=O)[C@H]3ON(c4ccccc4)[C@@]4(C(=O)Nc5ccccc54)[C@H]3C2=O)cc1. The maximum atomic E-state index is 13.9. The second kappa shape index (κ2) is 7.02. The fraction of sp³-hybridized carbons (Fsp3) is 0.192. The number of fused-ring (bicyclic) bond motifs is 4. The van der Waals surface area contributed by atoms with Gasteiger partial charge in [0, 0.05) is 11.3 Å². The Morgan fingerprint density at radius 1 is 0.848 bits per heavy atom. The highest BCUT2D eigenvalue weighted by Gasteiger charge is 2.73. The molecule has 7 heteroatoms. The maximum absolute atomic E-state index is 13.9. The Kier molecular flexibility index (Phi) is 4.19. The van der Waals surface area contributed by atoms with Crippen molar-refractivity contribution in [3.8, 4) is 0 Å². The van der Waals surface area contributed by atoms with Gasteiger partial charge in [-0.1, -0.05) is 55.5 Å². The van der Waals surface area contributed by atoms with Crippen LogP contribution in [0.15, 0.2) is 78.9 Å². The van der Waals surface area contributed by atoms with Crippen LogP contribution in [-0.4, -0.2) is 23.8 Å². The standard InChI is InChI=1S/C26H21N3O4/c1-2-16-12-14-17(15-13-16)28-23(30)21-22(24(28)31)33-29(18-8-4-3-5-9-18)26(21)19-10-6-7-11-20(19)27-25(26)32/h3-15,21-22H,2H2,1H3,(H,27,32)/t21-,22+,26-/m1/s1. The van der Waals surface area contributed by atoms with Crippen LogP contribution < -0.4 is 15.3 Å². The Balaban J connectivity index is 1.52. The van der Waals surface area contributed by atoms with Crippen LogP contribution in [0.1, 0.15) is 18.1 Å². The Hall–Kier alpha value is -3.97. The van der Waals surface area contributed by atoms with Crippen LogP contribution in [0, 0.1) is 5.92 Å². The molecule has 0 aromatic heterocycles. The molecule has 1 N–H and O–H groups in total. The van der Waals surface area contributed by atoms with E-state index in [0.29, 0.717) is 22.6 Å². The van der Waals surface area contributed by atoms with E-state index >= 15 is 0 Å². The van der Waals surface area contributed by atoms with Gasteiger partial charge in [0.25, 0.3) is 11.8 Å². The molecule has 3 amide bonds. The normalized spacial score (nSPS) is 25.5. The third-order valence-corrected chi connectivity index (χ3v) is 6.77. The highest BCUT2D eigenvalue weighted by molar-refractivity contribution is 6.27. The van der Waals surface area contributed by atoms with Crippen LogP contribution in [-0.2, 0) is 31.2 Å². The smallest absolute Gasteiger partial charge is 0.266 e. The second-order valence-electron chi connectivity index (χ2n) is 8.43. The minimum absolute atomic E-state index is 0.385. The topological polar surface area (TPSA) is 79.0 Å². The number of hydrogen-bond acceptors (Lipinski definition) is 5. The van der Waals surface area contributed by atoms with Gasteiger partial charge in [-0.2, -0.15) is 0 Å². The highest BCUT2D eigenvalue weighted by atomic mass is 16.7. The van der Waals surface area contributed by atoms with Gasteiger partial charge in [-0.3, -0.25) is 19.2 Å². The molecule has 0 saturated carbocycles. The zero-order valence-electron chi connectivity index (χ0n) is 17.9. The van der Waals surface area contributed by atoms with Gasteiger partial charge in [-0.15, -0.1) is 0 Å². The van der Waals surface area contributed by atoms with Crippen molar-refractivity contribution in [2.45, 2.75) is 25.0 Å². The summed E-state index contributed by atoms with van der Waals surface area (Å²) in [5.41, 5.74) is 1.92. The fourth-order valence-electron chi connectivity index (χ4n) is 5.21. The summed E-state index contributed by atoms with van der Waals surface area (Å²) in [6.07, 6.45) is -0.261. The molecule has 0 unspecified atom stereocenters. The van der Waals surface area contributed by atoms with Crippen LogP contribution >= 0.6 is 0 Å². The van der Waals surface area contributed by atoms with Gasteiger partial charge in [0.2, 0.25) is 5.91 Å². The Bertz CT molecular complexity index is 1290. The fourth-order valence-corrected chi connectivity index (χ4v) is 5.21. The predicted octanol–water partition coefficient (Wildman–Crippen LogP) is 3.41. The van der Waals surface area contributed by atoms with Crippen molar-refractivity contribution in [1.29, 1.82) is 0 Å². The van der Waals surface area contributed by atoms with E-state index in [1.807, 2.05) is 55.5 Å². The van der Waals surface area contributed by atoms with Gasteiger partial charge in [-0.05, 0) is 42.3 Å². The van der Waals surface area contributed by atoms with Gasteiger partial charge in [0.15, 0.2) is 11.6 Å². The molecule has 0 radical (unpaired) electrons. The van der Waals surface area contributed by atoms with Crippen LogP contribution in [0.5, 0.6) is 0 Å². The lowest BCUT2D eigenvalue weighted by Gasteiger charge is -2.35. The third-order valence-electron chi connectivity index (χ3n) is 6.77. The molecular weight excluding hydrogens is 418 g/mol. The molecule has 3 aromatic carbocycles. The van der Waals surface area contributed by atoms with Crippen LogP contribution in [0.2, 0.25) is 0 Å². The molecule has 1 spiro atoms.